The van der Waals surface area contributed by atoms with Crippen molar-refractivity contribution in [3.63, 3.8) is 0 Å². The summed E-state index contributed by atoms with van der Waals surface area (Å²) in [6, 6.07) is 5.31. The molecule has 0 bridgehead atoms. The van der Waals surface area contributed by atoms with Crippen LogP contribution in [0.15, 0.2) is 18.2 Å². The van der Waals surface area contributed by atoms with E-state index in [1.54, 1.807) is 32.0 Å². The minimum Gasteiger partial charge on any atom is -0.461 e. The zero-order valence-electron chi connectivity index (χ0n) is 10.4. The number of carbonyl (C=O) groups is 1. The maximum Gasteiger partial charge on any atom is 0.335 e. The number of aliphatic hydroxyl groups is 1. The van der Waals surface area contributed by atoms with E-state index in [0.29, 0.717) is 11.5 Å². The van der Waals surface area contributed by atoms with Crippen LogP contribution in [-0.4, -0.2) is 30.1 Å². The number of ether oxygens (including phenoxy) is 3. The summed E-state index contributed by atoms with van der Waals surface area (Å²) in [5.74, 6) is 0.706. The number of hydrogen-bond acceptors (Lipinski definition) is 5. The standard InChI is InChI=1S/C13H16O5/c1-8(2)18-13(15)10(14)5-9-3-4-11-12(6-9)17-7-16-11/h3-4,6,8,10,14H,5,7H2,1-2H3. The van der Waals surface area contributed by atoms with Crippen molar-refractivity contribution in [3.8, 4) is 11.5 Å². The van der Waals surface area contributed by atoms with Crippen molar-refractivity contribution in [1.82, 2.24) is 0 Å². The van der Waals surface area contributed by atoms with Crippen molar-refractivity contribution in [2.45, 2.75) is 32.5 Å². The normalized spacial score (nSPS) is 14.7. The molecule has 0 aliphatic carbocycles. The van der Waals surface area contributed by atoms with Gasteiger partial charge in [0.1, 0.15) is 0 Å². The first-order valence-corrected chi connectivity index (χ1v) is 5.83. The van der Waals surface area contributed by atoms with Gasteiger partial charge in [-0.25, -0.2) is 4.79 Å². The quantitative estimate of drug-likeness (QED) is 0.817. The van der Waals surface area contributed by atoms with Crippen molar-refractivity contribution in [1.29, 1.82) is 0 Å². The third-order valence-corrected chi connectivity index (χ3v) is 2.49. The lowest BCUT2D eigenvalue weighted by Gasteiger charge is -2.13. The van der Waals surface area contributed by atoms with E-state index >= 15 is 0 Å². The van der Waals surface area contributed by atoms with Crippen molar-refractivity contribution < 1.29 is 24.1 Å². The van der Waals surface area contributed by atoms with Crippen molar-refractivity contribution in [3.05, 3.63) is 23.8 Å². The Labute approximate surface area is 105 Å². The van der Waals surface area contributed by atoms with Crippen LogP contribution in [0.2, 0.25) is 0 Å². The van der Waals surface area contributed by atoms with Gasteiger partial charge in [0.05, 0.1) is 6.10 Å². The number of hydrogen-bond donors (Lipinski definition) is 1. The summed E-state index contributed by atoms with van der Waals surface area (Å²) in [5, 5.41) is 9.72. The fourth-order valence-electron chi connectivity index (χ4n) is 1.69. The molecule has 0 fully saturated rings. The summed E-state index contributed by atoms with van der Waals surface area (Å²) >= 11 is 0. The Balaban J connectivity index is 1.99. The fourth-order valence-corrected chi connectivity index (χ4v) is 1.69. The largest absolute Gasteiger partial charge is 0.461 e. The van der Waals surface area contributed by atoms with E-state index in [0.717, 1.165) is 5.56 Å². The predicted molar refractivity (Wildman–Crippen MR) is 63.5 cm³/mol. The van der Waals surface area contributed by atoms with Crippen LogP contribution in [0.25, 0.3) is 0 Å². The monoisotopic (exact) mass is 252 g/mol. The van der Waals surface area contributed by atoms with Crippen LogP contribution in [-0.2, 0) is 16.0 Å². The van der Waals surface area contributed by atoms with Gasteiger partial charge in [0.2, 0.25) is 6.79 Å². The highest BCUT2D eigenvalue weighted by Gasteiger charge is 2.20. The van der Waals surface area contributed by atoms with Crippen LogP contribution in [0.5, 0.6) is 11.5 Å². The molecule has 2 rings (SSSR count). The molecule has 1 aromatic carbocycles. The Bertz CT molecular complexity index is 441. The Morgan fingerprint density at radius 3 is 2.83 bits per heavy atom. The second-order valence-electron chi connectivity index (χ2n) is 4.39. The highest BCUT2D eigenvalue weighted by Crippen LogP contribution is 2.32. The van der Waals surface area contributed by atoms with E-state index in [1.165, 1.54) is 0 Å². The lowest BCUT2D eigenvalue weighted by atomic mass is 10.1. The van der Waals surface area contributed by atoms with E-state index in [4.69, 9.17) is 14.2 Å². The van der Waals surface area contributed by atoms with Gasteiger partial charge in [-0.15, -0.1) is 0 Å². The minimum atomic E-state index is -1.16. The number of aliphatic hydroxyl groups excluding tert-OH is 1. The highest BCUT2D eigenvalue weighted by molar-refractivity contribution is 5.75. The zero-order chi connectivity index (χ0) is 13.1. The number of fused-ring (bicyclic) bond motifs is 1. The zero-order valence-corrected chi connectivity index (χ0v) is 10.4. The van der Waals surface area contributed by atoms with E-state index in [-0.39, 0.29) is 19.3 Å². The lowest BCUT2D eigenvalue weighted by molar-refractivity contribution is -0.157. The summed E-state index contributed by atoms with van der Waals surface area (Å²) in [4.78, 5) is 11.5. The van der Waals surface area contributed by atoms with Crippen LogP contribution in [0.1, 0.15) is 19.4 Å². The van der Waals surface area contributed by atoms with E-state index in [2.05, 4.69) is 0 Å². The summed E-state index contributed by atoms with van der Waals surface area (Å²) in [6.07, 6.45) is -1.20. The second-order valence-corrected chi connectivity index (χ2v) is 4.39. The predicted octanol–water partition coefficient (Wildman–Crippen LogP) is 1.27. The third-order valence-electron chi connectivity index (χ3n) is 2.49. The molecule has 5 heteroatoms. The Hall–Kier alpha value is -1.75. The lowest BCUT2D eigenvalue weighted by Crippen LogP contribution is -2.27. The van der Waals surface area contributed by atoms with Crippen molar-refractivity contribution in [2.75, 3.05) is 6.79 Å². The summed E-state index contributed by atoms with van der Waals surface area (Å²) in [5.41, 5.74) is 0.799. The number of rotatable bonds is 4. The average molecular weight is 252 g/mol. The maximum absolute atomic E-state index is 11.5. The van der Waals surface area contributed by atoms with E-state index in [1.807, 2.05) is 0 Å². The van der Waals surface area contributed by atoms with Crippen LogP contribution in [0.3, 0.4) is 0 Å². The maximum atomic E-state index is 11.5. The second kappa shape index (κ2) is 5.27. The van der Waals surface area contributed by atoms with Crippen LogP contribution in [0, 0.1) is 0 Å². The van der Waals surface area contributed by atoms with Gasteiger partial charge in [-0.3, -0.25) is 0 Å². The Morgan fingerprint density at radius 2 is 2.11 bits per heavy atom. The molecule has 0 saturated carbocycles. The molecule has 0 radical (unpaired) electrons. The molecule has 1 unspecified atom stereocenters. The first-order chi connectivity index (χ1) is 8.56. The van der Waals surface area contributed by atoms with Gasteiger partial charge in [-0.1, -0.05) is 6.07 Å². The van der Waals surface area contributed by atoms with Crippen molar-refractivity contribution >= 4 is 5.97 Å². The number of benzene rings is 1. The molecule has 1 aromatic rings. The molecular formula is C13H16O5. The Morgan fingerprint density at radius 1 is 1.39 bits per heavy atom. The molecule has 0 saturated heterocycles. The summed E-state index contributed by atoms with van der Waals surface area (Å²) < 4.78 is 15.3. The van der Waals surface area contributed by atoms with E-state index in [9.17, 15) is 9.90 Å². The number of carbonyl (C=O) groups excluding carboxylic acids is 1. The topological polar surface area (TPSA) is 65.0 Å². The summed E-state index contributed by atoms with van der Waals surface area (Å²) in [6.45, 7) is 3.69. The molecule has 18 heavy (non-hydrogen) atoms. The van der Waals surface area contributed by atoms with Gasteiger partial charge in [0.15, 0.2) is 17.6 Å². The van der Waals surface area contributed by atoms with Crippen LogP contribution in [0.4, 0.5) is 0 Å². The van der Waals surface area contributed by atoms with Gasteiger partial charge in [-0.2, -0.15) is 0 Å². The molecule has 1 heterocycles. The Kier molecular flexibility index (Phi) is 3.72. The van der Waals surface area contributed by atoms with E-state index < -0.39 is 12.1 Å². The number of esters is 1. The van der Waals surface area contributed by atoms with Gasteiger partial charge in [-0.05, 0) is 31.5 Å². The van der Waals surface area contributed by atoms with Gasteiger partial charge >= 0.3 is 5.97 Å². The minimum absolute atomic E-state index is 0.197. The molecule has 98 valence electrons. The highest BCUT2D eigenvalue weighted by atomic mass is 16.7. The SMILES string of the molecule is CC(C)OC(=O)C(O)Cc1ccc2c(c1)OCO2. The van der Waals surface area contributed by atoms with Crippen LogP contribution >= 0.6 is 0 Å². The van der Waals surface area contributed by atoms with Gasteiger partial charge < -0.3 is 19.3 Å². The molecule has 5 nitrogen and oxygen atoms in total. The molecule has 1 aliphatic rings. The van der Waals surface area contributed by atoms with Gasteiger partial charge in [0, 0.05) is 6.42 Å². The molecule has 0 aromatic heterocycles. The molecular weight excluding hydrogens is 236 g/mol. The smallest absolute Gasteiger partial charge is 0.335 e. The first-order valence-electron chi connectivity index (χ1n) is 5.83. The molecule has 1 N–H and O–H groups in total. The summed E-state index contributed by atoms with van der Waals surface area (Å²) in [7, 11) is 0. The molecule has 1 atom stereocenters. The van der Waals surface area contributed by atoms with Crippen molar-refractivity contribution in [2.24, 2.45) is 0 Å². The van der Waals surface area contributed by atoms with Gasteiger partial charge in [0.25, 0.3) is 0 Å². The first kappa shape index (κ1) is 12.7. The van der Waals surface area contributed by atoms with Crippen LogP contribution < -0.4 is 9.47 Å². The fraction of sp³-hybridized carbons (Fsp3) is 0.462. The molecule has 0 spiro atoms. The third kappa shape index (κ3) is 2.92. The average Bonchev–Trinajstić information content (AvgIpc) is 2.75. The molecule has 0 amide bonds. The molecule has 1 aliphatic heterocycles.